The van der Waals surface area contributed by atoms with Crippen molar-refractivity contribution in [3.05, 3.63) is 17.9 Å². The number of alkyl halides is 3. The molecule has 9 heteroatoms. The van der Waals surface area contributed by atoms with Gasteiger partial charge in [0.15, 0.2) is 17.1 Å². The zero-order valence-electron chi connectivity index (χ0n) is 9.85. The first-order valence-electron chi connectivity index (χ1n) is 4.95. The van der Waals surface area contributed by atoms with Gasteiger partial charge in [0, 0.05) is 6.07 Å². The monoisotopic (exact) mass is 275 g/mol. The van der Waals surface area contributed by atoms with Crippen molar-refractivity contribution in [3.8, 4) is 23.3 Å². The Morgan fingerprint density at radius 2 is 1.68 bits per heavy atom. The van der Waals surface area contributed by atoms with Gasteiger partial charge in [-0.25, -0.2) is 0 Å². The van der Waals surface area contributed by atoms with Crippen molar-refractivity contribution in [1.29, 1.82) is 0 Å². The molecule has 2 heterocycles. The molecule has 0 unspecified atom stereocenters. The Morgan fingerprint density at radius 3 is 2.05 bits per heavy atom. The molecule has 0 saturated carbocycles. The summed E-state index contributed by atoms with van der Waals surface area (Å²) in [5.41, 5.74) is -1.00. The summed E-state index contributed by atoms with van der Waals surface area (Å²) in [6.45, 7) is 0. The largest absolute Gasteiger partial charge is 0.480 e. The zero-order chi connectivity index (χ0) is 14.0. The van der Waals surface area contributed by atoms with Crippen molar-refractivity contribution >= 4 is 0 Å². The summed E-state index contributed by atoms with van der Waals surface area (Å²) in [6, 6.07) is 1.40. The standard InChI is InChI=1S/C10H8F3N3O3/c1-17-8-6(10(11,12)13)9(18-2)15-7(14-8)5-3-4-19-16-5/h3-4H,1-2H3. The van der Waals surface area contributed by atoms with Crippen LogP contribution in [0.4, 0.5) is 13.2 Å². The number of rotatable bonds is 3. The van der Waals surface area contributed by atoms with E-state index in [4.69, 9.17) is 0 Å². The second kappa shape index (κ2) is 4.75. The van der Waals surface area contributed by atoms with Crippen LogP contribution in [-0.2, 0) is 6.18 Å². The summed E-state index contributed by atoms with van der Waals surface area (Å²) >= 11 is 0. The van der Waals surface area contributed by atoms with Gasteiger partial charge in [-0.2, -0.15) is 23.1 Å². The van der Waals surface area contributed by atoms with Crippen LogP contribution in [0.25, 0.3) is 11.5 Å². The first-order valence-corrected chi connectivity index (χ1v) is 4.95. The number of ether oxygens (including phenoxy) is 2. The number of hydrogen-bond donors (Lipinski definition) is 0. The van der Waals surface area contributed by atoms with Crippen molar-refractivity contribution in [2.24, 2.45) is 0 Å². The van der Waals surface area contributed by atoms with E-state index in [1.165, 1.54) is 12.3 Å². The van der Waals surface area contributed by atoms with Crippen molar-refractivity contribution in [3.63, 3.8) is 0 Å². The van der Waals surface area contributed by atoms with Gasteiger partial charge in [0.1, 0.15) is 6.26 Å². The van der Waals surface area contributed by atoms with Gasteiger partial charge in [0.25, 0.3) is 0 Å². The SMILES string of the molecule is COc1nc(-c2ccon2)nc(OC)c1C(F)(F)F. The summed E-state index contributed by atoms with van der Waals surface area (Å²) in [7, 11) is 2.15. The predicted octanol–water partition coefficient (Wildman–Crippen LogP) is 2.17. The molecule has 0 aliphatic rings. The van der Waals surface area contributed by atoms with E-state index in [2.05, 4.69) is 29.1 Å². The Morgan fingerprint density at radius 1 is 1.11 bits per heavy atom. The molecule has 0 radical (unpaired) electrons. The fourth-order valence-corrected chi connectivity index (χ4v) is 1.40. The highest BCUT2D eigenvalue weighted by atomic mass is 19.4. The first kappa shape index (κ1) is 13.1. The fraction of sp³-hybridized carbons (Fsp3) is 0.300. The third kappa shape index (κ3) is 2.44. The Kier molecular flexibility index (Phi) is 3.28. The van der Waals surface area contributed by atoms with Crippen LogP contribution in [0.15, 0.2) is 16.9 Å². The second-order valence-electron chi connectivity index (χ2n) is 3.32. The minimum Gasteiger partial charge on any atom is -0.480 e. The van der Waals surface area contributed by atoms with Gasteiger partial charge in [-0.1, -0.05) is 5.16 Å². The molecule has 0 aliphatic carbocycles. The van der Waals surface area contributed by atoms with Crippen LogP contribution in [0.1, 0.15) is 5.56 Å². The lowest BCUT2D eigenvalue weighted by Gasteiger charge is -2.14. The molecule has 0 N–H and O–H groups in total. The molecular formula is C10H8F3N3O3. The molecule has 6 nitrogen and oxygen atoms in total. The molecule has 2 aromatic heterocycles. The van der Waals surface area contributed by atoms with E-state index in [0.29, 0.717) is 0 Å². The molecule has 0 atom stereocenters. The maximum atomic E-state index is 12.9. The fourth-order valence-electron chi connectivity index (χ4n) is 1.40. The second-order valence-corrected chi connectivity index (χ2v) is 3.32. The summed E-state index contributed by atoms with van der Waals surface area (Å²) in [5.74, 6) is -1.37. The minimum atomic E-state index is -4.70. The van der Waals surface area contributed by atoms with Crippen molar-refractivity contribution in [2.45, 2.75) is 6.18 Å². The lowest BCUT2D eigenvalue weighted by Crippen LogP contribution is -2.13. The molecular weight excluding hydrogens is 267 g/mol. The van der Waals surface area contributed by atoms with Gasteiger partial charge < -0.3 is 14.0 Å². The van der Waals surface area contributed by atoms with Crippen LogP contribution >= 0.6 is 0 Å². The van der Waals surface area contributed by atoms with E-state index in [0.717, 1.165) is 14.2 Å². The smallest absolute Gasteiger partial charge is 0.426 e. The van der Waals surface area contributed by atoms with Crippen molar-refractivity contribution in [1.82, 2.24) is 15.1 Å². The van der Waals surface area contributed by atoms with Gasteiger partial charge in [-0.05, 0) is 0 Å². The average molecular weight is 275 g/mol. The van der Waals surface area contributed by atoms with E-state index >= 15 is 0 Å². The molecule has 0 spiro atoms. The highest BCUT2D eigenvalue weighted by Gasteiger charge is 2.41. The van der Waals surface area contributed by atoms with Crippen LogP contribution in [0.5, 0.6) is 11.8 Å². The molecule has 0 fully saturated rings. The molecule has 2 aromatic rings. The first-order chi connectivity index (χ1) is 8.97. The van der Waals surface area contributed by atoms with E-state index in [1.54, 1.807) is 0 Å². The van der Waals surface area contributed by atoms with Gasteiger partial charge in [-0.15, -0.1) is 0 Å². The van der Waals surface area contributed by atoms with Crippen LogP contribution in [0, 0.1) is 0 Å². The zero-order valence-corrected chi connectivity index (χ0v) is 9.85. The van der Waals surface area contributed by atoms with Gasteiger partial charge in [-0.3, -0.25) is 0 Å². The van der Waals surface area contributed by atoms with Crippen LogP contribution in [-0.4, -0.2) is 29.3 Å². The van der Waals surface area contributed by atoms with Crippen LogP contribution in [0.3, 0.4) is 0 Å². The van der Waals surface area contributed by atoms with Gasteiger partial charge in [0.2, 0.25) is 11.8 Å². The summed E-state index contributed by atoms with van der Waals surface area (Å²) in [4.78, 5) is 7.31. The van der Waals surface area contributed by atoms with Gasteiger partial charge >= 0.3 is 6.18 Å². The normalized spacial score (nSPS) is 11.4. The Balaban J connectivity index is 2.65. The Hall–Kier alpha value is -2.32. The topological polar surface area (TPSA) is 70.3 Å². The molecule has 2 rings (SSSR count). The van der Waals surface area contributed by atoms with Crippen molar-refractivity contribution in [2.75, 3.05) is 14.2 Å². The molecule has 0 amide bonds. The van der Waals surface area contributed by atoms with Crippen LogP contribution < -0.4 is 9.47 Å². The molecule has 0 aliphatic heterocycles. The number of hydrogen-bond acceptors (Lipinski definition) is 6. The summed E-state index contributed by atoms with van der Waals surface area (Å²) in [5, 5.41) is 3.54. The molecule has 19 heavy (non-hydrogen) atoms. The Labute approximate surface area is 105 Å². The Bertz CT molecular complexity index is 544. The third-order valence-corrected chi connectivity index (χ3v) is 2.18. The lowest BCUT2D eigenvalue weighted by atomic mass is 10.3. The highest BCUT2D eigenvalue weighted by molar-refractivity contribution is 5.52. The van der Waals surface area contributed by atoms with E-state index in [1.807, 2.05) is 0 Å². The summed E-state index contributed by atoms with van der Waals surface area (Å²) in [6.07, 6.45) is -3.45. The average Bonchev–Trinajstić information content (AvgIpc) is 2.89. The van der Waals surface area contributed by atoms with Crippen LogP contribution in [0.2, 0.25) is 0 Å². The van der Waals surface area contributed by atoms with Gasteiger partial charge in [0.05, 0.1) is 14.2 Å². The van der Waals surface area contributed by atoms with E-state index < -0.39 is 23.5 Å². The third-order valence-electron chi connectivity index (χ3n) is 2.18. The minimum absolute atomic E-state index is 0.0875. The van der Waals surface area contributed by atoms with E-state index in [-0.39, 0.29) is 11.5 Å². The summed E-state index contributed by atoms with van der Waals surface area (Å²) < 4.78 is 52.5. The quantitative estimate of drug-likeness (QED) is 0.855. The number of methoxy groups -OCH3 is 2. The van der Waals surface area contributed by atoms with E-state index in [9.17, 15) is 13.2 Å². The number of nitrogens with zero attached hydrogens (tertiary/aromatic N) is 3. The van der Waals surface area contributed by atoms with Crippen molar-refractivity contribution < 1.29 is 27.2 Å². The number of aromatic nitrogens is 3. The predicted molar refractivity (Wildman–Crippen MR) is 55.6 cm³/mol. The molecule has 102 valence electrons. The maximum Gasteiger partial charge on any atom is 0.426 e. The maximum absolute atomic E-state index is 12.9. The lowest BCUT2D eigenvalue weighted by molar-refractivity contribution is -0.140. The molecule has 0 aromatic carbocycles. The molecule has 0 bridgehead atoms. The number of halogens is 3. The molecule has 0 saturated heterocycles. The highest BCUT2D eigenvalue weighted by Crippen LogP contribution is 2.41.